The van der Waals surface area contributed by atoms with Crippen LogP contribution in [0, 0.1) is 6.92 Å². The van der Waals surface area contributed by atoms with Crippen LogP contribution < -0.4 is 0 Å². The maximum atomic E-state index is 12.8. The van der Waals surface area contributed by atoms with Gasteiger partial charge in [0.1, 0.15) is 0 Å². The molecule has 1 saturated heterocycles. The maximum Gasteiger partial charge on any atom is 0.243 e. The number of benzene rings is 1. The van der Waals surface area contributed by atoms with Crippen molar-refractivity contribution in [3.8, 4) is 0 Å². The molecule has 2 heterocycles. The highest BCUT2D eigenvalue weighted by atomic mass is 32.2. The van der Waals surface area contributed by atoms with Crippen LogP contribution in [0.1, 0.15) is 10.4 Å². The Morgan fingerprint density at radius 1 is 1.26 bits per heavy atom. The van der Waals surface area contributed by atoms with Gasteiger partial charge in [-0.1, -0.05) is 12.1 Å². The summed E-state index contributed by atoms with van der Waals surface area (Å²) in [6, 6.07) is 9.19. The molecule has 2 aromatic rings. The van der Waals surface area contributed by atoms with E-state index in [0.29, 0.717) is 36.9 Å². The zero-order valence-corrected chi connectivity index (χ0v) is 14.4. The Balaban J connectivity index is 1.91. The van der Waals surface area contributed by atoms with Crippen molar-refractivity contribution >= 4 is 33.3 Å². The smallest absolute Gasteiger partial charge is 0.243 e. The molecular weight excluding hydrogens is 332 g/mol. The highest BCUT2D eigenvalue weighted by molar-refractivity contribution is 7.89. The third-order valence-electron chi connectivity index (χ3n) is 3.64. The van der Waals surface area contributed by atoms with Crippen molar-refractivity contribution in [1.29, 1.82) is 0 Å². The molecule has 3 rings (SSSR count). The predicted octanol–water partition coefficient (Wildman–Crippen LogP) is 2.83. The standard InChI is InChI=1S/C16H18N2O3S2/c1-13-4-5-14(17-12-15-3-2-10-22-15)11-16(13)23(19,20)18-6-8-21-9-7-18/h2-5,10-12H,6-9H2,1H3. The second-order valence-corrected chi connectivity index (χ2v) is 8.13. The number of rotatable bonds is 4. The Bertz CT molecular complexity index is 793. The summed E-state index contributed by atoms with van der Waals surface area (Å²) in [6.07, 6.45) is 1.75. The minimum Gasteiger partial charge on any atom is -0.379 e. The van der Waals surface area contributed by atoms with E-state index in [1.54, 1.807) is 36.6 Å². The van der Waals surface area contributed by atoms with Gasteiger partial charge in [0.25, 0.3) is 0 Å². The summed E-state index contributed by atoms with van der Waals surface area (Å²) in [5.41, 5.74) is 1.36. The molecule has 1 aromatic carbocycles. The van der Waals surface area contributed by atoms with Crippen molar-refractivity contribution in [2.45, 2.75) is 11.8 Å². The summed E-state index contributed by atoms with van der Waals surface area (Å²) in [6.45, 7) is 3.47. The van der Waals surface area contributed by atoms with Crippen molar-refractivity contribution in [3.05, 3.63) is 46.2 Å². The fourth-order valence-electron chi connectivity index (χ4n) is 2.38. The highest BCUT2D eigenvalue weighted by Gasteiger charge is 2.27. The summed E-state index contributed by atoms with van der Waals surface area (Å²) in [7, 11) is -3.51. The third-order valence-corrected chi connectivity index (χ3v) is 6.49. The third kappa shape index (κ3) is 3.69. The second kappa shape index (κ2) is 6.92. The van der Waals surface area contributed by atoms with E-state index in [2.05, 4.69) is 4.99 Å². The molecule has 1 aliphatic rings. The van der Waals surface area contributed by atoms with E-state index in [0.717, 1.165) is 10.4 Å². The number of aryl methyl sites for hydroxylation is 1. The topological polar surface area (TPSA) is 59.0 Å². The maximum absolute atomic E-state index is 12.8. The first kappa shape index (κ1) is 16.3. The fraction of sp³-hybridized carbons (Fsp3) is 0.312. The number of morpholine rings is 1. The van der Waals surface area contributed by atoms with E-state index in [4.69, 9.17) is 4.74 Å². The second-order valence-electron chi connectivity index (χ2n) is 5.24. The molecule has 0 amide bonds. The van der Waals surface area contributed by atoms with E-state index in [1.165, 1.54) is 4.31 Å². The summed E-state index contributed by atoms with van der Waals surface area (Å²) in [5, 5.41) is 1.98. The van der Waals surface area contributed by atoms with Crippen LogP contribution >= 0.6 is 11.3 Å². The Kier molecular flexibility index (Phi) is 4.91. The molecule has 122 valence electrons. The van der Waals surface area contributed by atoms with Gasteiger partial charge in [-0.15, -0.1) is 11.3 Å². The van der Waals surface area contributed by atoms with Crippen LogP contribution in [-0.2, 0) is 14.8 Å². The van der Waals surface area contributed by atoms with E-state index in [1.807, 2.05) is 23.6 Å². The summed E-state index contributed by atoms with van der Waals surface area (Å²) < 4.78 is 32.3. The van der Waals surface area contributed by atoms with Gasteiger partial charge in [0, 0.05) is 24.2 Å². The lowest BCUT2D eigenvalue weighted by atomic mass is 10.2. The van der Waals surface area contributed by atoms with Gasteiger partial charge in [-0.25, -0.2) is 8.42 Å². The van der Waals surface area contributed by atoms with E-state index < -0.39 is 10.0 Å². The van der Waals surface area contributed by atoms with Gasteiger partial charge in [-0.3, -0.25) is 4.99 Å². The Hall–Kier alpha value is -1.54. The van der Waals surface area contributed by atoms with Gasteiger partial charge in [-0.2, -0.15) is 4.31 Å². The molecule has 23 heavy (non-hydrogen) atoms. The molecule has 1 aliphatic heterocycles. The molecule has 0 N–H and O–H groups in total. The average Bonchev–Trinajstić information content (AvgIpc) is 3.08. The van der Waals surface area contributed by atoms with Crippen LogP contribution in [0.2, 0.25) is 0 Å². The SMILES string of the molecule is Cc1ccc(N=Cc2cccs2)cc1S(=O)(=O)N1CCOCC1. The highest BCUT2D eigenvalue weighted by Crippen LogP contribution is 2.25. The Morgan fingerprint density at radius 3 is 2.74 bits per heavy atom. The minimum absolute atomic E-state index is 0.320. The van der Waals surface area contributed by atoms with Gasteiger partial charge in [0.2, 0.25) is 10.0 Å². The fourth-order valence-corrected chi connectivity index (χ4v) is 4.61. The van der Waals surface area contributed by atoms with Crippen LogP contribution in [0.25, 0.3) is 0 Å². The van der Waals surface area contributed by atoms with Gasteiger partial charge < -0.3 is 4.74 Å². The molecule has 0 spiro atoms. The van der Waals surface area contributed by atoms with Gasteiger partial charge >= 0.3 is 0 Å². The van der Waals surface area contributed by atoms with Crippen molar-refractivity contribution in [2.24, 2.45) is 4.99 Å². The molecule has 0 atom stereocenters. The number of aliphatic imine (C=N–C) groups is 1. The van der Waals surface area contributed by atoms with Gasteiger partial charge in [0.15, 0.2) is 0 Å². The van der Waals surface area contributed by atoms with Crippen LogP contribution in [-0.4, -0.2) is 45.2 Å². The van der Waals surface area contributed by atoms with Crippen LogP contribution in [0.5, 0.6) is 0 Å². The first-order valence-corrected chi connectivity index (χ1v) is 9.65. The first-order chi connectivity index (χ1) is 11.1. The molecule has 0 aliphatic carbocycles. The lowest BCUT2D eigenvalue weighted by Crippen LogP contribution is -2.40. The molecule has 1 fully saturated rings. The molecule has 1 aromatic heterocycles. The van der Waals surface area contributed by atoms with Crippen molar-refractivity contribution in [2.75, 3.05) is 26.3 Å². The minimum atomic E-state index is -3.51. The number of ether oxygens (including phenoxy) is 1. The number of hydrogen-bond acceptors (Lipinski definition) is 5. The van der Waals surface area contributed by atoms with E-state index >= 15 is 0 Å². The average molecular weight is 350 g/mol. The van der Waals surface area contributed by atoms with Crippen molar-refractivity contribution in [3.63, 3.8) is 0 Å². The molecule has 0 bridgehead atoms. The van der Waals surface area contributed by atoms with E-state index in [9.17, 15) is 8.42 Å². The zero-order chi connectivity index (χ0) is 16.3. The molecule has 7 heteroatoms. The van der Waals surface area contributed by atoms with Gasteiger partial charge in [-0.05, 0) is 36.1 Å². The number of nitrogens with zero attached hydrogens (tertiary/aromatic N) is 2. The quantitative estimate of drug-likeness (QED) is 0.797. The van der Waals surface area contributed by atoms with Crippen molar-refractivity contribution in [1.82, 2.24) is 4.31 Å². The molecular formula is C16H18N2O3S2. The van der Waals surface area contributed by atoms with Crippen LogP contribution in [0.15, 0.2) is 45.6 Å². The number of sulfonamides is 1. The monoisotopic (exact) mass is 350 g/mol. The Labute approximate surface area is 140 Å². The molecule has 0 radical (unpaired) electrons. The lowest BCUT2D eigenvalue weighted by molar-refractivity contribution is 0.0730. The molecule has 5 nitrogen and oxygen atoms in total. The first-order valence-electron chi connectivity index (χ1n) is 7.33. The van der Waals surface area contributed by atoms with Crippen LogP contribution in [0.3, 0.4) is 0 Å². The molecule has 0 saturated carbocycles. The summed E-state index contributed by atoms with van der Waals surface area (Å²) in [4.78, 5) is 5.74. The molecule has 0 unspecified atom stereocenters. The normalized spacial score (nSPS) is 16.9. The number of hydrogen-bond donors (Lipinski definition) is 0. The van der Waals surface area contributed by atoms with Crippen molar-refractivity contribution < 1.29 is 13.2 Å². The lowest BCUT2D eigenvalue weighted by Gasteiger charge is -2.26. The van der Waals surface area contributed by atoms with E-state index in [-0.39, 0.29) is 0 Å². The van der Waals surface area contributed by atoms with Crippen LogP contribution in [0.4, 0.5) is 5.69 Å². The number of thiophene rings is 1. The predicted molar refractivity (Wildman–Crippen MR) is 92.3 cm³/mol. The van der Waals surface area contributed by atoms with Gasteiger partial charge in [0.05, 0.1) is 23.8 Å². The summed E-state index contributed by atoms with van der Waals surface area (Å²) >= 11 is 1.59. The summed E-state index contributed by atoms with van der Waals surface area (Å²) in [5.74, 6) is 0. The zero-order valence-electron chi connectivity index (χ0n) is 12.8. The largest absolute Gasteiger partial charge is 0.379 e. The Morgan fingerprint density at radius 2 is 2.04 bits per heavy atom.